The number of likely N-dealkylation sites (N-methyl/N-ethyl adjacent to an activating group) is 1. The Balaban J connectivity index is 2.55. The van der Waals surface area contributed by atoms with Gasteiger partial charge in [-0.15, -0.1) is 0 Å². The second kappa shape index (κ2) is 6.15. The number of ketones is 1. The third kappa shape index (κ3) is 4.36. The van der Waals surface area contributed by atoms with E-state index in [9.17, 15) is 9.59 Å². The molecule has 1 rings (SSSR count). The van der Waals surface area contributed by atoms with Gasteiger partial charge in [-0.3, -0.25) is 9.59 Å². The smallest absolute Gasteiger partial charge is 0.239 e. The lowest BCUT2D eigenvalue weighted by Crippen LogP contribution is -2.44. The average Bonchev–Trinajstić information content (AvgIpc) is 2.28. The predicted octanol–water partition coefficient (Wildman–Crippen LogP) is 0.604. The van der Waals surface area contributed by atoms with Crippen molar-refractivity contribution in [3.05, 3.63) is 35.9 Å². The number of hydrogen-bond acceptors (Lipinski definition) is 3. The summed E-state index contributed by atoms with van der Waals surface area (Å²) >= 11 is 0. The molecule has 1 atom stereocenters. The van der Waals surface area contributed by atoms with Gasteiger partial charge >= 0.3 is 0 Å². The number of nitrogens with zero attached hydrogens (tertiary/aromatic N) is 1. The third-order valence-corrected chi connectivity index (χ3v) is 2.45. The van der Waals surface area contributed by atoms with E-state index in [4.69, 9.17) is 5.73 Å². The van der Waals surface area contributed by atoms with Gasteiger partial charge in [0.15, 0.2) is 0 Å². The maximum Gasteiger partial charge on any atom is 0.239 e. The van der Waals surface area contributed by atoms with Crippen LogP contribution in [0.5, 0.6) is 0 Å². The molecule has 0 bridgehead atoms. The number of nitrogens with two attached hydrogens (primary N) is 1. The minimum atomic E-state index is -0.596. The zero-order valence-corrected chi connectivity index (χ0v) is 10.2. The van der Waals surface area contributed by atoms with Crippen LogP contribution < -0.4 is 5.73 Å². The van der Waals surface area contributed by atoms with Gasteiger partial charge in [-0.1, -0.05) is 30.3 Å². The Morgan fingerprint density at radius 3 is 2.41 bits per heavy atom. The van der Waals surface area contributed by atoms with Gasteiger partial charge in [-0.05, 0) is 18.9 Å². The van der Waals surface area contributed by atoms with Crippen molar-refractivity contribution in [1.82, 2.24) is 4.90 Å². The Hall–Kier alpha value is -1.68. The quantitative estimate of drug-likeness (QED) is 0.811. The molecule has 0 fully saturated rings. The predicted molar refractivity (Wildman–Crippen MR) is 66.4 cm³/mol. The molecular weight excluding hydrogens is 216 g/mol. The molecule has 0 heterocycles. The zero-order chi connectivity index (χ0) is 12.8. The van der Waals surface area contributed by atoms with Crippen LogP contribution in [0.25, 0.3) is 0 Å². The average molecular weight is 234 g/mol. The fourth-order valence-electron chi connectivity index (χ4n) is 1.65. The van der Waals surface area contributed by atoms with Crippen molar-refractivity contribution in [1.29, 1.82) is 0 Å². The van der Waals surface area contributed by atoms with Crippen LogP contribution in [0.3, 0.4) is 0 Å². The highest BCUT2D eigenvalue weighted by molar-refractivity contribution is 5.87. The van der Waals surface area contributed by atoms with Gasteiger partial charge in [0.2, 0.25) is 5.91 Å². The Bertz CT molecular complexity index is 390. The van der Waals surface area contributed by atoms with E-state index in [1.165, 1.54) is 11.8 Å². The van der Waals surface area contributed by atoms with Crippen LogP contribution >= 0.6 is 0 Å². The third-order valence-electron chi connectivity index (χ3n) is 2.45. The molecule has 1 aromatic carbocycles. The van der Waals surface area contributed by atoms with E-state index >= 15 is 0 Å². The van der Waals surface area contributed by atoms with Gasteiger partial charge < -0.3 is 10.6 Å². The summed E-state index contributed by atoms with van der Waals surface area (Å²) in [4.78, 5) is 24.1. The summed E-state index contributed by atoms with van der Waals surface area (Å²) in [6, 6.07) is 8.99. The van der Waals surface area contributed by atoms with Crippen LogP contribution in [0.2, 0.25) is 0 Å². The van der Waals surface area contributed by atoms with E-state index in [1.807, 2.05) is 30.3 Å². The molecule has 0 aliphatic heterocycles. The van der Waals surface area contributed by atoms with Gasteiger partial charge in [0.1, 0.15) is 5.78 Å². The summed E-state index contributed by atoms with van der Waals surface area (Å²) in [6.45, 7) is 1.56. The van der Waals surface area contributed by atoms with Gasteiger partial charge in [0.05, 0.1) is 12.6 Å². The lowest BCUT2D eigenvalue weighted by atomic mass is 10.1. The summed E-state index contributed by atoms with van der Waals surface area (Å²) in [5, 5.41) is 0. The van der Waals surface area contributed by atoms with Crippen molar-refractivity contribution in [3.8, 4) is 0 Å². The lowest BCUT2D eigenvalue weighted by Gasteiger charge is -2.20. The van der Waals surface area contributed by atoms with Crippen molar-refractivity contribution >= 4 is 11.7 Å². The lowest BCUT2D eigenvalue weighted by molar-refractivity contribution is -0.134. The standard InChI is InChI=1S/C13H18N2O2/c1-10(16)9-15(2)13(17)12(14)8-11-6-4-3-5-7-11/h3-7,12H,8-9,14H2,1-2H3/t12-/m0/s1. The molecule has 0 aliphatic carbocycles. The highest BCUT2D eigenvalue weighted by atomic mass is 16.2. The first-order valence-corrected chi connectivity index (χ1v) is 5.54. The largest absolute Gasteiger partial charge is 0.337 e. The van der Waals surface area contributed by atoms with Gasteiger partial charge in [-0.25, -0.2) is 0 Å². The summed E-state index contributed by atoms with van der Waals surface area (Å²) in [6.07, 6.45) is 0.488. The van der Waals surface area contributed by atoms with Crippen LogP contribution in [-0.2, 0) is 16.0 Å². The first-order chi connectivity index (χ1) is 8.00. The second-order valence-corrected chi connectivity index (χ2v) is 4.19. The molecule has 0 radical (unpaired) electrons. The molecule has 0 unspecified atom stereocenters. The minimum absolute atomic E-state index is 0.0484. The summed E-state index contributed by atoms with van der Waals surface area (Å²) < 4.78 is 0. The molecule has 92 valence electrons. The van der Waals surface area contributed by atoms with Crippen LogP contribution in [0.15, 0.2) is 30.3 Å². The fourth-order valence-corrected chi connectivity index (χ4v) is 1.65. The number of Topliss-reactive ketones (excluding diaryl/α,β-unsaturated/α-hetero) is 1. The molecule has 4 heteroatoms. The molecule has 1 amide bonds. The number of benzene rings is 1. The zero-order valence-electron chi connectivity index (χ0n) is 10.2. The van der Waals surface area contributed by atoms with Crippen molar-refractivity contribution in [2.75, 3.05) is 13.6 Å². The molecule has 0 aromatic heterocycles. The van der Waals surface area contributed by atoms with Crippen molar-refractivity contribution in [3.63, 3.8) is 0 Å². The van der Waals surface area contributed by atoms with Gasteiger partial charge in [0.25, 0.3) is 0 Å². The Kier molecular flexibility index (Phi) is 4.84. The fraction of sp³-hybridized carbons (Fsp3) is 0.385. The van der Waals surface area contributed by atoms with Crippen molar-refractivity contribution in [2.24, 2.45) is 5.73 Å². The van der Waals surface area contributed by atoms with E-state index in [-0.39, 0.29) is 18.2 Å². The molecule has 0 spiro atoms. The second-order valence-electron chi connectivity index (χ2n) is 4.19. The van der Waals surface area contributed by atoms with Crippen LogP contribution in [0.4, 0.5) is 0 Å². The Labute approximate surface area is 101 Å². The maximum atomic E-state index is 11.8. The maximum absolute atomic E-state index is 11.8. The van der Waals surface area contributed by atoms with Gasteiger partial charge in [0, 0.05) is 7.05 Å². The first kappa shape index (κ1) is 13.4. The number of amides is 1. The minimum Gasteiger partial charge on any atom is -0.337 e. The van der Waals surface area contributed by atoms with E-state index in [2.05, 4.69) is 0 Å². The highest BCUT2D eigenvalue weighted by Crippen LogP contribution is 2.03. The molecule has 0 saturated carbocycles. The molecule has 0 saturated heterocycles. The summed E-state index contributed by atoms with van der Waals surface area (Å²) in [5.74, 6) is -0.253. The van der Waals surface area contributed by atoms with E-state index in [0.717, 1.165) is 5.56 Å². The van der Waals surface area contributed by atoms with E-state index in [1.54, 1.807) is 7.05 Å². The molecule has 0 aliphatic rings. The summed E-state index contributed by atoms with van der Waals surface area (Å²) in [5.41, 5.74) is 6.84. The molecular formula is C13H18N2O2. The van der Waals surface area contributed by atoms with E-state index in [0.29, 0.717) is 6.42 Å². The number of carbonyl (C=O) groups is 2. The molecule has 2 N–H and O–H groups in total. The van der Waals surface area contributed by atoms with Crippen LogP contribution in [0.1, 0.15) is 12.5 Å². The first-order valence-electron chi connectivity index (χ1n) is 5.54. The SMILES string of the molecule is CC(=O)CN(C)C(=O)[C@@H](N)Cc1ccccc1. The van der Waals surface area contributed by atoms with Crippen LogP contribution in [0, 0.1) is 0 Å². The van der Waals surface area contributed by atoms with Crippen molar-refractivity contribution < 1.29 is 9.59 Å². The number of carbonyl (C=O) groups excluding carboxylic acids is 2. The number of rotatable bonds is 5. The van der Waals surface area contributed by atoms with E-state index < -0.39 is 6.04 Å². The normalized spacial score (nSPS) is 11.9. The Morgan fingerprint density at radius 1 is 1.29 bits per heavy atom. The van der Waals surface area contributed by atoms with Gasteiger partial charge in [-0.2, -0.15) is 0 Å². The number of hydrogen-bond donors (Lipinski definition) is 1. The molecule has 1 aromatic rings. The van der Waals surface area contributed by atoms with Crippen LogP contribution in [-0.4, -0.2) is 36.2 Å². The molecule has 17 heavy (non-hydrogen) atoms. The summed E-state index contributed by atoms with van der Waals surface area (Å²) in [7, 11) is 1.59. The van der Waals surface area contributed by atoms with Crippen molar-refractivity contribution in [2.45, 2.75) is 19.4 Å². The Morgan fingerprint density at radius 2 is 1.88 bits per heavy atom. The molecule has 4 nitrogen and oxygen atoms in total. The highest BCUT2D eigenvalue weighted by Gasteiger charge is 2.18. The topological polar surface area (TPSA) is 63.4 Å². The monoisotopic (exact) mass is 234 g/mol.